The molecular weight excluding hydrogens is 549 g/mol. The van der Waals surface area contributed by atoms with Crippen LogP contribution in [0.15, 0.2) is 60.7 Å². The van der Waals surface area contributed by atoms with Crippen molar-refractivity contribution in [2.24, 2.45) is 5.73 Å². The standard InChI is InChI=1S/C18H15Cl2NO5.C9H8N2O2/c19-13-7-11(8-14(20)17(13)15(23)4-5-16(24)25)18(26)21-9-10-2-1-3-12(22)6-10;10-9(13)7-8(12)5-3-1-2-4-6(5)11-7/h1-3,6-8,22H,4-5,9H2,(H,21,26)(H,24,25);1-4,7,11H,(H2,10,13). The number of amides is 2. The topological polar surface area (TPSA) is 176 Å². The van der Waals surface area contributed by atoms with E-state index in [1.54, 1.807) is 36.4 Å². The summed E-state index contributed by atoms with van der Waals surface area (Å²) in [7, 11) is 0. The predicted octanol–water partition coefficient (Wildman–Crippen LogP) is 3.83. The molecule has 12 heteroatoms. The van der Waals surface area contributed by atoms with Gasteiger partial charge in [-0.2, -0.15) is 0 Å². The molecule has 4 rings (SSSR count). The summed E-state index contributed by atoms with van der Waals surface area (Å²) in [5.41, 5.74) is 7.12. The number of anilines is 1. The summed E-state index contributed by atoms with van der Waals surface area (Å²) in [4.78, 5) is 57.2. The summed E-state index contributed by atoms with van der Waals surface area (Å²) < 4.78 is 0. The van der Waals surface area contributed by atoms with Crippen molar-refractivity contribution in [1.29, 1.82) is 0 Å². The van der Waals surface area contributed by atoms with Gasteiger partial charge >= 0.3 is 5.97 Å². The minimum Gasteiger partial charge on any atom is -0.508 e. The van der Waals surface area contributed by atoms with Crippen LogP contribution in [0.4, 0.5) is 5.69 Å². The van der Waals surface area contributed by atoms with Crippen molar-refractivity contribution >= 4 is 58.2 Å². The molecule has 1 unspecified atom stereocenters. The fourth-order valence-corrected chi connectivity index (χ4v) is 4.37. The molecule has 10 nitrogen and oxygen atoms in total. The first kappa shape index (κ1) is 29.2. The van der Waals surface area contributed by atoms with E-state index in [0.717, 1.165) is 0 Å². The van der Waals surface area contributed by atoms with Crippen LogP contribution in [0.2, 0.25) is 10.0 Å². The Hall–Kier alpha value is -4.41. The number of phenols is 1. The van der Waals surface area contributed by atoms with E-state index < -0.39 is 29.6 Å². The van der Waals surface area contributed by atoms with Gasteiger partial charge in [0.25, 0.3) is 5.91 Å². The molecule has 0 aromatic heterocycles. The molecule has 202 valence electrons. The molecule has 0 saturated heterocycles. The Bertz CT molecular complexity index is 1440. The fourth-order valence-electron chi connectivity index (χ4n) is 3.67. The Labute approximate surface area is 232 Å². The number of nitrogens with two attached hydrogens (primary N) is 1. The molecule has 0 spiro atoms. The third-order valence-corrected chi connectivity index (χ3v) is 6.15. The summed E-state index contributed by atoms with van der Waals surface area (Å²) in [6.07, 6.45) is -0.574. The number of aliphatic carboxylic acids is 1. The van der Waals surface area contributed by atoms with Crippen LogP contribution < -0.4 is 16.4 Å². The number of carboxylic acids is 1. The Morgan fingerprint density at radius 3 is 2.21 bits per heavy atom. The van der Waals surface area contributed by atoms with E-state index in [4.69, 9.17) is 34.0 Å². The highest BCUT2D eigenvalue weighted by Gasteiger charge is 2.33. The van der Waals surface area contributed by atoms with Gasteiger partial charge in [0.1, 0.15) is 5.75 Å². The molecule has 39 heavy (non-hydrogen) atoms. The summed E-state index contributed by atoms with van der Waals surface area (Å²) in [6, 6.07) is 15.1. The van der Waals surface area contributed by atoms with E-state index in [1.807, 2.05) is 0 Å². The smallest absolute Gasteiger partial charge is 0.303 e. The maximum atomic E-state index is 12.3. The number of primary amides is 1. The molecule has 1 aliphatic heterocycles. The largest absolute Gasteiger partial charge is 0.508 e. The highest BCUT2D eigenvalue weighted by molar-refractivity contribution is 6.40. The predicted molar refractivity (Wildman–Crippen MR) is 144 cm³/mol. The number of nitrogens with one attached hydrogen (secondary N) is 2. The lowest BCUT2D eigenvalue weighted by Gasteiger charge is -2.10. The van der Waals surface area contributed by atoms with E-state index >= 15 is 0 Å². The lowest BCUT2D eigenvalue weighted by Crippen LogP contribution is -2.37. The zero-order valence-electron chi connectivity index (χ0n) is 20.2. The van der Waals surface area contributed by atoms with Crippen molar-refractivity contribution in [1.82, 2.24) is 5.32 Å². The molecule has 1 heterocycles. The normalized spacial score (nSPS) is 13.4. The van der Waals surface area contributed by atoms with Crippen molar-refractivity contribution in [2.45, 2.75) is 25.4 Å². The fraction of sp³-hybridized carbons (Fsp3) is 0.148. The first-order valence-corrected chi connectivity index (χ1v) is 12.2. The van der Waals surface area contributed by atoms with Crippen LogP contribution in [0.1, 0.15) is 49.5 Å². The SMILES string of the molecule is NC(=O)C1Nc2ccccc2C1=O.O=C(O)CCC(=O)c1c(Cl)cc(C(=O)NCc2cccc(O)c2)cc1Cl. The highest BCUT2D eigenvalue weighted by atomic mass is 35.5. The number of aromatic hydroxyl groups is 1. The van der Waals surface area contributed by atoms with Gasteiger partial charge in [0.05, 0.1) is 22.0 Å². The minimum atomic E-state index is -1.10. The van der Waals surface area contributed by atoms with Crippen LogP contribution in [-0.2, 0) is 16.1 Å². The number of Topliss-reactive ketones (excluding diaryl/α,β-unsaturated/α-hetero) is 2. The van der Waals surface area contributed by atoms with E-state index in [1.165, 1.54) is 24.3 Å². The molecule has 2 amide bonds. The first-order valence-electron chi connectivity index (χ1n) is 11.5. The Balaban J connectivity index is 0.000000268. The minimum absolute atomic E-state index is 0.000819. The number of benzene rings is 3. The number of carboxylic acid groups (broad SMARTS) is 1. The molecular formula is C27H23Cl2N3O7. The van der Waals surface area contributed by atoms with Gasteiger partial charge in [-0.3, -0.25) is 24.0 Å². The van der Waals surface area contributed by atoms with Gasteiger partial charge in [0, 0.05) is 29.8 Å². The number of carbonyl (C=O) groups excluding carboxylic acids is 4. The molecule has 1 aliphatic rings. The molecule has 0 bridgehead atoms. The van der Waals surface area contributed by atoms with Gasteiger partial charge in [-0.1, -0.05) is 47.5 Å². The zero-order valence-corrected chi connectivity index (χ0v) is 21.8. The molecule has 0 saturated carbocycles. The van der Waals surface area contributed by atoms with Crippen LogP contribution in [0.3, 0.4) is 0 Å². The van der Waals surface area contributed by atoms with E-state index in [-0.39, 0.29) is 52.1 Å². The second kappa shape index (κ2) is 12.9. The van der Waals surface area contributed by atoms with Crippen molar-refractivity contribution in [2.75, 3.05) is 5.32 Å². The zero-order chi connectivity index (χ0) is 28.7. The Morgan fingerprint density at radius 1 is 0.949 bits per heavy atom. The number of ketones is 2. The Morgan fingerprint density at radius 2 is 1.62 bits per heavy atom. The average Bonchev–Trinajstić information content (AvgIpc) is 3.23. The maximum Gasteiger partial charge on any atom is 0.303 e. The van der Waals surface area contributed by atoms with Crippen molar-refractivity contribution in [3.63, 3.8) is 0 Å². The van der Waals surface area contributed by atoms with Gasteiger partial charge in [0.15, 0.2) is 17.6 Å². The van der Waals surface area contributed by atoms with E-state index in [9.17, 15) is 29.1 Å². The van der Waals surface area contributed by atoms with Crippen LogP contribution in [0.25, 0.3) is 0 Å². The summed E-state index contributed by atoms with van der Waals surface area (Å²) >= 11 is 12.1. The summed E-state index contributed by atoms with van der Waals surface area (Å²) in [5, 5.41) is 23.4. The van der Waals surface area contributed by atoms with Crippen LogP contribution in [-0.4, -0.2) is 45.6 Å². The lowest BCUT2D eigenvalue weighted by molar-refractivity contribution is -0.137. The monoisotopic (exact) mass is 571 g/mol. The van der Waals surface area contributed by atoms with Crippen molar-refractivity contribution < 1.29 is 34.2 Å². The summed E-state index contributed by atoms with van der Waals surface area (Å²) in [5.74, 6) is -2.86. The average molecular weight is 572 g/mol. The number of halogens is 2. The van der Waals surface area contributed by atoms with Gasteiger partial charge in [-0.25, -0.2) is 0 Å². The van der Waals surface area contributed by atoms with Crippen molar-refractivity contribution in [3.8, 4) is 5.75 Å². The second-order valence-corrected chi connectivity index (χ2v) is 9.19. The molecule has 0 aliphatic carbocycles. The van der Waals surface area contributed by atoms with E-state index in [0.29, 0.717) is 16.8 Å². The van der Waals surface area contributed by atoms with Gasteiger partial charge in [-0.05, 0) is 42.0 Å². The van der Waals surface area contributed by atoms with Crippen LogP contribution in [0, 0.1) is 0 Å². The number of phenolic OH excluding ortho intramolecular Hbond substituents is 1. The van der Waals surface area contributed by atoms with Gasteiger partial charge in [0.2, 0.25) is 5.91 Å². The molecule has 0 radical (unpaired) electrons. The number of carbonyl (C=O) groups is 5. The molecule has 1 atom stereocenters. The van der Waals surface area contributed by atoms with Gasteiger partial charge < -0.3 is 26.6 Å². The third-order valence-electron chi connectivity index (χ3n) is 5.55. The number of para-hydroxylation sites is 1. The second-order valence-electron chi connectivity index (χ2n) is 8.37. The maximum absolute atomic E-state index is 12.3. The number of rotatable bonds is 8. The first-order chi connectivity index (χ1) is 18.5. The highest BCUT2D eigenvalue weighted by Crippen LogP contribution is 2.28. The number of hydrogen-bond acceptors (Lipinski definition) is 7. The van der Waals surface area contributed by atoms with Crippen LogP contribution in [0.5, 0.6) is 5.75 Å². The quantitative estimate of drug-likeness (QED) is 0.200. The molecule has 6 N–H and O–H groups in total. The van der Waals surface area contributed by atoms with E-state index in [2.05, 4.69) is 10.6 Å². The number of fused-ring (bicyclic) bond motifs is 1. The van der Waals surface area contributed by atoms with Gasteiger partial charge in [-0.15, -0.1) is 0 Å². The molecule has 3 aromatic rings. The summed E-state index contributed by atoms with van der Waals surface area (Å²) in [6.45, 7) is 0.182. The lowest BCUT2D eigenvalue weighted by atomic mass is 10.0. The molecule has 0 fully saturated rings. The van der Waals surface area contributed by atoms with Crippen molar-refractivity contribution in [3.05, 3.63) is 93.0 Å². The third kappa shape index (κ3) is 7.56. The number of hydrogen-bond donors (Lipinski definition) is 5. The molecule has 3 aromatic carbocycles. The van der Waals surface area contributed by atoms with Crippen LogP contribution >= 0.6 is 23.2 Å². The Kier molecular flexibility index (Phi) is 9.64.